The number of aromatic nitrogens is 2. The molecule has 0 aliphatic heterocycles. The van der Waals surface area contributed by atoms with Crippen LogP contribution in [0.1, 0.15) is 12.5 Å². The van der Waals surface area contributed by atoms with E-state index in [9.17, 15) is 10.1 Å². The van der Waals surface area contributed by atoms with E-state index in [1.54, 1.807) is 0 Å². The van der Waals surface area contributed by atoms with Crippen molar-refractivity contribution < 1.29 is 9.66 Å². The van der Waals surface area contributed by atoms with Crippen LogP contribution in [0.2, 0.25) is 10.2 Å². The van der Waals surface area contributed by atoms with Crippen LogP contribution in [0.3, 0.4) is 0 Å². The Morgan fingerprint density at radius 2 is 2.10 bits per heavy atom. The highest BCUT2D eigenvalue weighted by molar-refractivity contribution is 6.32. The third-order valence-corrected chi connectivity index (χ3v) is 3.17. The fourth-order valence-corrected chi connectivity index (χ4v) is 2.07. The average molecular weight is 314 g/mol. The van der Waals surface area contributed by atoms with Gasteiger partial charge in [-0.05, 0) is 12.5 Å². The molecule has 8 heteroatoms. The minimum Gasteiger partial charge on any atom is -0.439 e. The van der Waals surface area contributed by atoms with E-state index in [4.69, 9.17) is 27.9 Å². The van der Waals surface area contributed by atoms with Crippen molar-refractivity contribution in [2.24, 2.45) is 0 Å². The first-order valence-corrected chi connectivity index (χ1v) is 6.39. The summed E-state index contributed by atoms with van der Waals surface area (Å²) in [4.78, 5) is 18.0. The standard InChI is InChI=1S/C12H9Cl2N3O3/c1-2-8-11(14)15-6-16-12(8)20-7-3-4-10(17(18)19)9(13)5-7/h3-6H,2H2,1H3. The van der Waals surface area contributed by atoms with Gasteiger partial charge >= 0.3 is 0 Å². The Morgan fingerprint density at radius 1 is 1.35 bits per heavy atom. The van der Waals surface area contributed by atoms with Crippen LogP contribution >= 0.6 is 23.2 Å². The summed E-state index contributed by atoms with van der Waals surface area (Å²) >= 11 is 11.8. The van der Waals surface area contributed by atoms with Crippen LogP contribution in [0.5, 0.6) is 11.6 Å². The molecule has 0 spiro atoms. The van der Waals surface area contributed by atoms with Crippen LogP contribution < -0.4 is 4.74 Å². The molecule has 20 heavy (non-hydrogen) atoms. The van der Waals surface area contributed by atoms with E-state index < -0.39 is 4.92 Å². The quantitative estimate of drug-likeness (QED) is 0.483. The fraction of sp³-hybridized carbons (Fsp3) is 0.167. The molecule has 104 valence electrons. The molecule has 0 amide bonds. The molecule has 0 aliphatic carbocycles. The van der Waals surface area contributed by atoms with E-state index in [0.717, 1.165) is 0 Å². The first-order chi connectivity index (χ1) is 9.52. The number of halogens is 2. The number of ether oxygens (including phenoxy) is 1. The molecule has 6 nitrogen and oxygen atoms in total. The normalized spacial score (nSPS) is 10.3. The van der Waals surface area contributed by atoms with Gasteiger partial charge in [-0.15, -0.1) is 0 Å². The summed E-state index contributed by atoms with van der Waals surface area (Å²) < 4.78 is 5.55. The Morgan fingerprint density at radius 3 is 2.70 bits per heavy atom. The zero-order valence-corrected chi connectivity index (χ0v) is 11.9. The molecule has 0 saturated carbocycles. The van der Waals surface area contributed by atoms with Gasteiger partial charge in [0.1, 0.15) is 22.3 Å². The van der Waals surface area contributed by atoms with Gasteiger partial charge in [0.05, 0.1) is 10.5 Å². The highest BCUT2D eigenvalue weighted by Crippen LogP contribution is 2.32. The third kappa shape index (κ3) is 2.97. The van der Waals surface area contributed by atoms with Gasteiger partial charge in [0, 0.05) is 12.1 Å². The van der Waals surface area contributed by atoms with Crippen molar-refractivity contribution in [1.29, 1.82) is 0 Å². The molecule has 2 aromatic rings. The zero-order valence-electron chi connectivity index (χ0n) is 10.3. The van der Waals surface area contributed by atoms with Crippen LogP contribution in [0, 0.1) is 10.1 Å². The van der Waals surface area contributed by atoms with Crippen molar-refractivity contribution in [3.63, 3.8) is 0 Å². The molecule has 0 saturated heterocycles. The topological polar surface area (TPSA) is 78.2 Å². The maximum Gasteiger partial charge on any atom is 0.288 e. The summed E-state index contributed by atoms with van der Waals surface area (Å²) in [6, 6.07) is 4.07. The van der Waals surface area contributed by atoms with E-state index in [2.05, 4.69) is 9.97 Å². The predicted molar refractivity (Wildman–Crippen MR) is 74.6 cm³/mol. The van der Waals surface area contributed by atoms with Crippen LogP contribution in [0.4, 0.5) is 5.69 Å². The molecule has 1 aromatic heterocycles. The zero-order chi connectivity index (χ0) is 14.7. The van der Waals surface area contributed by atoms with Gasteiger partial charge in [0.25, 0.3) is 5.69 Å². The van der Waals surface area contributed by atoms with Crippen molar-refractivity contribution in [3.05, 3.63) is 50.4 Å². The molecule has 0 aliphatic rings. The molecule has 1 heterocycles. The molecule has 1 aromatic carbocycles. The molecule has 2 rings (SSSR count). The minimum atomic E-state index is -0.564. The maximum atomic E-state index is 10.7. The molecule has 0 N–H and O–H groups in total. The smallest absolute Gasteiger partial charge is 0.288 e. The highest BCUT2D eigenvalue weighted by atomic mass is 35.5. The molecule has 0 radical (unpaired) electrons. The second-order valence-electron chi connectivity index (χ2n) is 3.77. The van der Waals surface area contributed by atoms with E-state index in [0.29, 0.717) is 28.8 Å². The SMILES string of the molecule is CCc1c(Cl)ncnc1Oc1ccc([N+](=O)[O-])c(Cl)c1. The summed E-state index contributed by atoms with van der Waals surface area (Å²) in [6.07, 6.45) is 1.87. The Kier molecular flexibility index (Phi) is 4.36. The Balaban J connectivity index is 2.34. The highest BCUT2D eigenvalue weighted by Gasteiger charge is 2.15. The van der Waals surface area contributed by atoms with Crippen molar-refractivity contribution in [2.45, 2.75) is 13.3 Å². The van der Waals surface area contributed by atoms with Gasteiger partial charge in [0.15, 0.2) is 0 Å². The summed E-state index contributed by atoms with van der Waals surface area (Å²) in [6.45, 7) is 1.89. The fourth-order valence-electron chi connectivity index (χ4n) is 1.57. The monoisotopic (exact) mass is 313 g/mol. The van der Waals surface area contributed by atoms with Gasteiger partial charge in [-0.25, -0.2) is 9.97 Å². The lowest BCUT2D eigenvalue weighted by Gasteiger charge is -2.09. The van der Waals surface area contributed by atoms with E-state index in [1.807, 2.05) is 6.92 Å². The van der Waals surface area contributed by atoms with E-state index in [-0.39, 0.29) is 10.7 Å². The summed E-state index contributed by atoms with van der Waals surface area (Å²) in [5.41, 5.74) is 0.471. The van der Waals surface area contributed by atoms with Crippen LogP contribution in [-0.4, -0.2) is 14.9 Å². The van der Waals surface area contributed by atoms with Crippen molar-refractivity contribution in [3.8, 4) is 11.6 Å². The Hall–Kier alpha value is -1.92. The lowest BCUT2D eigenvalue weighted by Crippen LogP contribution is -1.97. The summed E-state index contributed by atoms with van der Waals surface area (Å²) in [5, 5.41) is 11.0. The summed E-state index contributed by atoms with van der Waals surface area (Å²) in [7, 11) is 0. The second kappa shape index (κ2) is 6.02. The number of nitro groups is 1. The van der Waals surface area contributed by atoms with Crippen molar-refractivity contribution in [1.82, 2.24) is 9.97 Å². The predicted octanol–water partition coefficient (Wildman–Crippen LogP) is 4.05. The van der Waals surface area contributed by atoms with Crippen molar-refractivity contribution in [2.75, 3.05) is 0 Å². The molecule has 0 bridgehead atoms. The molecule has 0 atom stereocenters. The van der Waals surface area contributed by atoms with Crippen molar-refractivity contribution >= 4 is 28.9 Å². The number of hydrogen-bond acceptors (Lipinski definition) is 5. The van der Waals surface area contributed by atoms with Gasteiger partial charge in [-0.3, -0.25) is 10.1 Å². The van der Waals surface area contributed by atoms with E-state index >= 15 is 0 Å². The first-order valence-electron chi connectivity index (χ1n) is 5.64. The van der Waals surface area contributed by atoms with Crippen LogP contribution in [0.25, 0.3) is 0 Å². The lowest BCUT2D eigenvalue weighted by molar-refractivity contribution is -0.384. The van der Waals surface area contributed by atoms with Gasteiger partial charge in [-0.2, -0.15) is 0 Å². The van der Waals surface area contributed by atoms with Gasteiger partial charge < -0.3 is 4.74 Å². The number of hydrogen-bond donors (Lipinski definition) is 0. The number of nitro benzene ring substituents is 1. The molecule has 0 unspecified atom stereocenters. The molecule has 0 fully saturated rings. The van der Waals surface area contributed by atoms with Gasteiger partial charge in [-0.1, -0.05) is 30.1 Å². The molecular formula is C12H9Cl2N3O3. The number of nitrogens with zero attached hydrogens (tertiary/aromatic N) is 3. The summed E-state index contributed by atoms with van der Waals surface area (Å²) in [5.74, 6) is 0.641. The van der Waals surface area contributed by atoms with Crippen LogP contribution in [0.15, 0.2) is 24.5 Å². The average Bonchev–Trinajstić information content (AvgIpc) is 2.38. The lowest BCUT2D eigenvalue weighted by atomic mass is 10.2. The Bertz CT molecular complexity index is 664. The van der Waals surface area contributed by atoms with Gasteiger partial charge in [0.2, 0.25) is 5.88 Å². The maximum absolute atomic E-state index is 10.7. The number of benzene rings is 1. The Labute approximate surface area is 124 Å². The second-order valence-corrected chi connectivity index (χ2v) is 4.54. The van der Waals surface area contributed by atoms with Crippen LogP contribution in [-0.2, 0) is 6.42 Å². The minimum absolute atomic E-state index is 0.00861. The largest absolute Gasteiger partial charge is 0.439 e. The first kappa shape index (κ1) is 14.5. The molecular weight excluding hydrogens is 305 g/mol. The third-order valence-electron chi connectivity index (χ3n) is 2.54. The van der Waals surface area contributed by atoms with E-state index in [1.165, 1.54) is 24.5 Å². The number of rotatable bonds is 4.